The summed E-state index contributed by atoms with van der Waals surface area (Å²) in [5, 5.41) is 45.5. The Balaban J connectivity index is -0.000000482. The first kappa shape index (κ1) is 77.5. The van der Waals surface area contributed by atoms with Gasteiger partial charge in [-0.2, -0.15) is 0 Å². The molecule has 5 N–H and O–H groups in total. The third kappa shape index (κ3) is 26.5. The quantitative estimate of drug-likeness (QED) is 0.00525. The zero-order chi connectivity index (χ0) is 58.0. The van der Waals surface area contributed by atoms with E-state index in [0.29, 0.717) is 135 Å². The molecule has 0 aliphatic carbocycles. The molecule has 0 radical (unpaired) electrons. The normalized spacial score (nSPS) is 10.6. The maximum atomic E-state index is 12.3. The Bertz CT molecular complexity index is 2720. The molecule has 80 heavy (non-hydrogen) atoms. The van der Waals surface area contributed by atoms with Crippen LogP contribution in [0.15, 0.2) is 54.8 Å². The summed E-state index contributed by atoms with van der Waals surface area (Å²) in [4.78, 5) is 67.1. The van der Waals surface area contributed by atoms with Gasteiger partial charge < -0.3 is 81.5 Å². The van der Waals surface area contributed by atoms with Crippen LogP contribution in [-0.4, -0.2) is 152 Å². The highest BCUT2D eigenvalue weighted by atomic mass is 31.1. The number of aryl methyl sites for hydroxylation is 2. The van der Waals surface area contributed by atoms with E-state index in [1.807, 2.05) is 6.92 Å². The first-order chi connectivity index (χ1) is 36.7. The summed E-state index contributed by atoms with van der Waals surface area (Å²) in [5.74, 6) is -0.434. The Hall–Kier alpha value is -6.77. The van der Waals surface area contributed by atoms with Gasteiger partial charge in [0.25, 0.3) is 0 Å². The summed E-state index contributed by atoms with van der Waals surface area (Å²) in [6, 6.07) is 8.30. The predicted molar refractivity (Wildman–Crippen MR) is 297 cm³/mol. The molecule has 0 saturated heterocycles. The van der Waals surface area contributed by atoms with Crippen molar-refractivity contribution in [3.05, 3.63) is 85.1 Å². The van der Waals surface area contributed by atoms with E-state index in [2.05, 4.69) is 4.67 Å². The van der Waals surface area contributed by atoms with E-state index in [0.717, 1.165) is 5.56 Å². The number of fused-ring (bicyclic) bond motifs is 2. The molecule has 0 spiro atoms. The summed E-state index contributed by atoms with van der Waals surface area (Å²) < 4.78 is 72.9. The van der Waals surface area contributed by atoms with Gasteiger partial charge >= 0.3 is 25.5 Å². The smallest absolute Gasteiger partial charge is 0.521 e. The molecule has 25 nitrogen and oxygen atoms in total. The number of hydrogen-bond donors (Lipinski definition) is 5. The first-order valence-electron chi connectivity index (χ1n) is 23.3. The molecule has 26 heteroatoms. The van der Waals surface area contributed by atoms with Gasteiger partial charge in [-0.1, -0.05) is 22.3 Å². The van der Waals surface area contributed by atoms with E-state index in [1.54, 1.807) is 35.2 Å². The van der Waals surface area contributed by atoms with E-state index in [9.17, 15) is 34.2 Å². The molecule has 0 bridgehead atoms. The number of carbonyl (C=O) groups excluding carboxylic acids is 3. The first-order valence-corrected chi connectivity index (χ1v) is 24.4. The van der Waals surface area contributed by atoms with Crippen molar-refractivity contribution in [2.24, 2.45) is 5.92 Å². The van der Waals surface area contributed by atoms with E-state index >= 15 is 0 Å². The SMILES string of the molecule is C.C.C.CCOC(=O)C(CCOCCOC)C(C)=O.COCCOCCc1c(C)c2c(OC)cc(O)c(C=O)c2oc1=O.COCCOCCc1c(C)c2c(OC)cc(O)cc2oc1=O.COc1cc(O)cc(O)c1.O=[P+]([O-])OO.[HH]. The minimum Gasteiger partial charge on any atom is -0.565 e. The number of ketones is 1. The number of methoxy groups -OCH3 is 6. The highest BCUT2D eigenvalue weighted by molar-refractivity contribution is 7.30. The number of Topliss-reactive ketones (excluding diaryl/α,β-unsaturated/α-hetero) is 1. The predicted octanol–water partition coefficient (Wildman–Crippen LogP) is 7.42. The van der Waals surface area contributed by atoms with E-state index in [1.165, 1.54) is 64.7 Å². The van der Waals surface area contributed by atoms with Crippen molar-refractivity contribution < 1.29 is 112 Å². The Kier molecular flexibility index (Phi) is 41.7. The lowest BCUT2D eigenvalue weighted by Crippen LogP contribution is -2.26. The van der Waals surface area contributed by atoms with E-state index in [-0.39, 0.29) is 70.2 Å². The lowest BCUT2D eigenvalue weighted by molar-refractivity contribution is -0.244. The van der Waals surface area contributed by atoms with Crippen molar-refractivity contribution in [2.75, 3.05) is 109 Å². The number of hydrogen-bond acceptors (Lipinski definition) is 25. The third-order valence-electron chi connectivity index (χ3n) is 10.5. The lowest BCUT2D eigenvalue weighted by atomic mass is 10.0. The molecular formula is C54H83O25P. The summed E-state index contributed by atoms with van der Waals surface area (Å²) >= 11 is 0. The van der Waals surface area contributed by atoms with Crippen LogP contribution in [0, 0.1) is 19.8 Å². The van der Waals surface area contributed by atoms with Crippen LogP contribution in [0.3, 0.4) is 0 Å². The minimum absolute atomic E-state index is 0. The summed E-state index contributed by atoms with van der Waals surface area (Å²) in [6.45, 7) is 10.9. The van der Waals surface area contributed by atoms with Gasteiger partial charge in [-0.05, 0) is 49.8 Å². The van der Waals surface area contributed by atoms with Crippen molar-refractivity contribution >= 4 is 48.2 Å². The molecule has 2 aromatic heterocycles. The standard InChI is InChI=1S/C17H20O7.C16H20O6.C11H20O5.C7H8O3.3CH4.HO4P.H2/c1-10-11(4-5-23-7-6-21-2)17(20)24-16-12(9-18)13(19)8-14(22-3)15(10)16;1-10-12(4-5-21-7-6-19-2)16(18)22-14-9-11(17)8-13(20-3)15(10)14;1-4-16-11(13)10(9(2)12)5-6-15-8-7-14-3;1-10-7-3-5(8)2-6(9)4-7;;;;1-4-5(2)3;/h8-9,19H,4-7H2,1-3H3;8-9,17H,4-7H2,1-3H3;10H,4-8H2,1-3H3;2-4,8-9H,1H3;3*1H4;1H;1H. The Morgan fingerprint density at radius 1 is 0.662 bits per heavy atom. The van der Waals surface area contributed by atoms with Crippen LogP contribution in [0.4, 0.5) is 0 Å². The van der Waals surface area contributed by atoms with Crippen molar-refractivity contribution in [1.82, 2.24) is 0 Å². The van der Waals surface area contributed by atoms with Crippen LogP contribution in [0.5, 0.6) is 40.2 Å². The molecule has 0 aliphatic heterocycles. The molecule has 5 rings (SSSR count). The fourth-order valence-electron chi connectivity index (χ4n) is 6.76. The Morgan fingerprint density at radius 2 is 1.11 bits per heavy atom. The average Bonchev–Trinajstić information content (AvgIpc) is 3.38. The number of ether oxygens (including phenoxy) is 10. The molecule has 3 aromatic carbocycles. The molecule has 2 heterocycles. The van der Waals surface area contributed by atoms with Crippen molar-refractivity contribution in [3.63, 3.8) is 0 Å². The second-order valence-electron chi connectivity index (χ2n) is 15.6. The van der Waals surface area contributed by atoms with Crippen LogP contribution in [0.25, 0.3) is 21.9 Å². The number of benzene rings is 3. The molecule has 2 atom stereocenters. The second-order valence-corrected chi connectivity index (χ2v) is 16.2. The molecule has 5 aromatic rings. The zero-order valence-electron chi connectivity index (χ0n) is 44.7. The number of rotatable bonds is 26. The van der Waals surface area contributed by atoms with Crippen LogP contribution >= 0.6 is 8.25 Å². The van der Waals surface area contributed by atoms with Gasteiger partial charge in [0.15, 0.2) is 11.9 Å². The molecular weight excluding hydrogens is 1080 g/mol. The molecule has 0 saturated carbocycles. The van der Waals surface area contributed by atoms with Gasteiger partial charge in [-0.3, -0.25) is 14.4 Å². The number of phenolic OH excluding ortho intramolecular Hbond substituents is 4. The lowest BCUT2D eigenvalue weighted by Gasteiger charge is -2.13. The van der Waals surface area contributed by atoms with Gasteiger partial charge in [0.05, 0.1) is 97.1 Å². The zero-order valence-corrected chi connectivity index (χ0v) is 45.6. The summed E-state index contributed by atoms with van der Waals surface area (Å²) in [7, 11) is 6.14. The summed E-state index contributed by atoms with van der Waals surface area (Å²) in [5.41, 5.74) is 1.68. The molecule has 2 unspecified atom stereocenters. The van der Waals surface area contributed by atoms with Crippen LogP contribution in [-0.2, 0) is 64.8 Å². The minimum atomic E-state index is -3.04. The molecule has 0 amide bonds. The fraction of sp³-hybridized carbons (Fsp3) is 0.500. The number of phenols is 4. The summed E-state index contributed by atoms with van der Waals surface area (Å²) in [6.07, 6.45) is 1.61. The van der Waals surface area contributed by atoms with E-state index < -0.39 is 31.4 Å². The van der Waals surface area contributed by atoms with Gasteiger partial charge in [0.1, 0.15) is 57.5 Å². The van der Waals surface area contributed by atoms with Gasteiger partial charge in [-0.15, -0.1) is 0 Å². The number of carbonyl (C=O) groups is 3. The second kappa shape index (κ2) is 43.1. The van der Waals surface area contributed by atoms with Gasteiger partial charge in [0.2, 0.25) is 0 Å². The van der Waals surface area contributed by atoms with Gasteiger partial charge in [-0.25, -0.2) is 14.8 Å². The average molecular weight is 1160 g/mol. The highest BCUT2D eigenvalue weighted by Gasteiger charge is 2.24. The van der Waals surface area contributed by atoms with Crippen LogP contribution < -0.4 is 30.4 Å². The fourth-order valence-corrected chi connectivity index (χ4v) is 6.76. The largest absolute Gasteiger partial charge is 0.565 e. The Labute approximate surface area is 468 Å². The maximum Gasteiger partial charge on any atom is 0.521 e. The molecule has 454 valence electrons. The monoisotopic (exact) mass is 1160 g/mol. The topological polar surface area (TPSA) is 354 Å². The Morgan fingerprint density at radius 3 is 1.54 bits per heavy atom. The third-order valence-corrected chi connectivity index (χ3v) is 10.6. The van der Waals surface area contributed by atoms with Crippen molar-refractivity contribution in [3.8, 4) is 40.2 Å². The number of esters is 1. The van der Waals surface area contributed by atoms with E-state index in [4.69, 9.17) is 81.1 Å². The van der Waals surface area contributed by atoms with Gasteiger partial charge in [0, 0.05) is 94.4 Å². The van der Waals surface area contributed by atoms with Crippen molar-refractivity contribution in [2.45, 2.75) is 69.2 Å². The van der Waals surface area contributed by atoms with Crippen molar-refractivity contribution in [1.29, 1.82) is 0 Å². The number of aromatic hydroxyl groups is 4. The van der Waals surface area contributed by atoms with Crippen LogP contribution in [0.2, 0.25) is 0 Å². The van der Waals surface area contributed by atoms with Crippen LogP contribution in [0.1, 0.15) is 76.6 Å². The highest BCUT2D eigenvalue weighted by Crippen LogP contribution is 2.37. The molecule has 0 fully saturated rings. The molecule has 0 aliphatic rings. The number of aldehydes is 1. The maximum absolute atomic E-state index is 12.3.